The number of carbonyl (C=O) groups excluding carboxylic acids is 2. The van der Waals surface area contributed by atoms with E-state index in [1.807, 2.05) is 0 Å². The zero-order valence-electron chi connectivity index (χ0n) is 11.5. The fraction of sp³-hybridized carbons (Fsp3) is 0.286. The van der Waals surface area contributed by atoms with Crippen LogP contribution >= 0.6 is 23.2 Å². The molecule has 1 saturated heterocycles. The van der Waals surface area contributed by atoms with Crippen LogP contribution in [-0.2, 0) is 9.59 Å². The Labute approximate surface area is 140 Å². The van der Waals surface area contributed by atoms with Crippen LogP contribution < -0.4 is 10.0 Å². The Hall–Kier alpha value is -2.12. The SMILES string of the molecule is O=C1[C@@H]2CC=C(Cl)C[C@H]2C(=O)N1c1cc([N+](=O)[O-])cc(Cl)c1[O-]. The van der Waals surface area contributed by atoms with Gasteiger partial charge in [-0.15, -0.1) is 0 Å². The van der Waals surface area contributed by atoms with Crippen molar-refractivity contribution in [2.45, 2.75) is 12.8 Å². The first-order valence-corrected chi connectivity index (χ1v) is 7.44. The predicted octanol–water partition coefficient (Wildman–Crippen LogP) is 2.34. The lowest BCUT2D eigenvalue weighted by Crippen LogP contribution is -2.31. The second-order valence-corrected chi connectivity index (χ2v) is 6.24. The molecule has 0 unspecified atom stereocenters. The van der Waals surface area contributed by atoms with Gasteiger partial charge in [0.15, 0.2) is 0 Å². The normalized spacial score (nSPS) is 23.7. The molecule has 2 atom stereocenters. The minimum atomic E-state index is -0.795. The fourth-order valence-electron chi connectivity index (χ4n) is 2.90. The number of non-ortho nitro benzene ring substituents is 1. The molecule has 2 aliphatic rings. The Bertz CT molecular complexity index is 777. The van der Waals surface area contributed by atoms with Crippen molar-refractivity contribution in [1.29, 1.82) is 0 Å². The first kappa shape index (κ1) is 15.8. The summed E-state index contributed by atoms with van der Waals surface area (Å²) in [5.74, 6) is -3.20. The Morgan fingerprint density at radius 3 is 2.48 bits per heavy atom. The van der Waals surface area contributed by atoms with E-state index >= 15 is 0 Å². The minimum absolute atomic E-state index is 0.212. The molecule has 1 heterocycles. The Balaban J connectivity index is 2.08. The molecule has 1 aromatic rings. The maximum atomic E-state index is 12.5. The number of anilines is 1. The van der Waals surface area contributed by atoms with E-state index in [4.69, 9.17) is 23.2 Å². The number of hydrogen-bond donors (Lipinski definition) is 0. The van der Waals surface area contributed by atoms with Crippen LogP contribution in [0.4, 0.5) is 11.4 Å². The van der Waals surface area contributed by atoms with E-state index in [2.05, 4.69) is 0 Å². The van der Waals surface area contributed by atoms with Gasteiger partial charge >= 0.3 is 0 Å². The van der Waals surface area contributed by atoms with Gasteiger partial charge in [-0.25, -0.2) is 0 Å². The summed E-state index contributed by atoms with van der Waals surface area (Å²) in [6.07, 6.45) is 2.17. The number of nitro groups is 1. The maximum absolute atomic E-state index is 12.5. The number of halogens is 2. The van der Waals surface area contributed by atoms with Gasteiger partial charge in [0.05, 0.1) is 22.4 Å². The van der Waals surface area contributed by atoms with Crippen LogP contribution in [0, 0.1) is 22.0 Å². The highest BCUT2D eigenvalue weighted by molar-refractivity contribution is 6.34. The van der Waals surface area contributed by atoms with Crippen molar-refractivity contribution in [2.24, 2.45) is 11.8 Å². The average molecular weight is 356 g/mol. The second-order valence-electron chi connectivity index (χ2n) is 5.35. The highest BCUT2D eigenvalue weighted by Gasteiger charge is 2.49. The van der Waals surface area contributed by atoms with Gasteiger partial charge in [-0.05, 0) is 12.8 Å². The summed E-state index contributed by atoms with van der Waals surface area (Å²) in [5, 5.41) is 23.1. The number of nitro benzene ring substituents is 1. The number of amides is 2. The standard InChI is InChI=1S/C14H10Cl2N2O5/c15-6-1-2-8-9(3-6)14(21)17(13(8)20)11-5-7(18(22)23)4-10(16)12(11)19/h1,4-5,8-9,19H,2-3H2/p-1/t8-,9-/m1/s1. The molecule has 0 N–H and O–H groups in total. The highest BCUT2D eigenvalue weighted by Crippen LogP contribution is 2.44. The molecule has 23 heavy (non-hydrogen) atoms. The van der Waals surface area contributed by atoms with Crippen LogP contribution in [0.1, 0.15) is 12.8 Å². The predicted molar refractivity (Wildman–Crippen MR) is 80.2 cm³/mol. The van der Waals surface area contributed by atoms with Gasteiger partial charge in [-0.2, -0.15) is 0 Å². The molecule has 1 aliphatic carbocycles. The molecule has 0 aromatic heterocycles. The van der Waals surface area contributed by atoms with Crippen molar-refractivity contribution in [3.05, 3.63) is 38.4 Å². The lowest BCUT2D eigenvalue weighted by Gasteiger charge is -2.22. The van der Waals surface area contributed by atoms with Gasteiger partial charge in [0.25, 0.3) is 5.69 Å². The monoisotopic (exact) mass is 355 g/mol. The smallest absolute Gasteiger partial charge is 0.272 e. The molecule has 1 aliphatic heterocycles. The molecule has 0 bridgehead atoms. The van der Waals surface area contributed by atoms with E-state index in [0.29, 0.717) is 16.4 Å². The highest BCUT2D eigenvalue weighted by atomic mass is 35.5. The maximum Gasteiger partial charge on any atom is 0.272 e. The zero-order valence-corrected chi connectivity index (χ0v) is 13.0. The molecule has 120 valence electrons. The van der Waals surface area contributed by atoms with Gasteiger partial charge in [0.1, 0.15) is 0 Å². The topological polar surface area (TPSA) is 104 Å². The van der Waals surface area contributed by atoms with Crippen LogP contribution in [0.2, 0.25) is 5.02 Å². The van der Waals surface area contributed by atoms with E-state index in [1.165, 1.54) is 0 Å². The molecular weight excluding hydrogens is 347 g/mol. The third kappa shape index (κ3) is 2.46. The lowest BCUT2D eigenvalue weighted by atomic mass is 9.85. The molecule has 9 heteroatoms. The molecule has 2 amide bonds. The van der Waals surface area contributed by atoms with Crippen LogP contribution in [0.15, 0.2) is 23.2 Å². The number of imide groups is 1. The van der Waals surface area contributed by atoms with Gasteiger partial charge in [-0.3, -0.25) is 24.6 Å². The summed E-state index contributed by atoms with van der Waals surface area (Å²) in [6.45, 7) is 0. The summed E-state index contributed by atoms with van der Waals surface area (Å²) >= 11 is 11.6. The van der Waals surface area contributed by atoms with Crippen LogP contribution in [0.5, 0.6) is 5.75 Å². The summed E-state index contributed by atoms with van der Waals surface area (Å²) in [6, 6.07) is 1.79. The number of benzene rings is 1. The second kappa shape index (κ2) is 5.50. The van der Waals surface area contributed by atoms with Crippen molar-refractivity contribution < 1.29 is 19.6 Å². The van der Waals surface area contributed by atoms with Crippen molar-refractivity contribution >= 4 is 46.4 Å². The third-order valence-electron chi connectivity index (χ3n) is 4.03. The van der Waals surface area contributed by atoms with E-state index in [1.54, 1.807) is 6.08 Å². The molecule has 0 saturated carbocycles. The van der Waals surface area contributed by atoms with Crippen molar-refractivity contribution in [2.75, 3.05) is 4.90 Å². The van der Waals surface area contributed by atoms with Crippen LogP contribution in [0.25, 0.3) is 0 Å². The first-order chi connectivity index (χ1) is 10.8. The quantitative estimate of drug-likeness (QED) is 0.460. The van der Waals surface area contributed by atoms with E-state index in [9.17, 15) is 24.8 Å². The fourth-order valence-corrected chi connectivity index (χ4v) is 3.37. The van der Waals surface area contributed by atoms with Gasteiger partial charge in [0.2, 0.25) is 11.8 Å². The zero-order chi connectivity index (χ0) is 16.9. The summed E-state index contributed by atoms with van der Waals surface area (Å²) < 4.78 is 0. The first-order valence-electron chi connectivity index (χ1n) is 6.68. The largest absolute Gasteiger partial charge is 0.870 e. The van der Waals surface area contributed by atoms with E-state index in [0.717, 1.165) is 12.1 Å². The van der Waals surface area contributed by atoms with Crippen molar-refractivity contribution in [3.63, 3.8) is 0 Å². The molecule has 0 radical (unpaired) electrons. The Morgan fingerprint density at radius 2 is 1.83 bits per heavy atom. The molecule has 0 spiro atoms. The molecule has 3 rings (SSSR count). The molecule has 1 fully saturated rings. The minimum Gasteiger partial charge on any atom is -0.870 e. The van der Waals surface area contributed by atoms with E-state index < -0.39 is 45.0 Å². The van der Waals surface area contributed by atoms with E-state index in [-0.39, 0.29) is 12.1 Å². The van der Waals surface area contributed by atoms with Gasteiger partial charge in [0, 0.05) is 22.2 Å². The number of carbonyl (C=O) groups is 2. The van der Waals surface area contributed by atoms with Crippen molar-refractivity contribution in [3.8, 4) is 5.75 Å². The number of fused-ring (bicyclic) bond motifs is 1. The molecule has 7 nitrogen and oxygen atoms in total. The lowest BCUT2D eigenvalue weighted by molar-refractivity contribution is -0.385. The van der Waals surface area contributed by atoms with Crippen LogP contribution in [0.3, 0.4) is 0 Å². The van der Waals surface area contributed by atoms with Gasteiger partial charge in [-0.1, -0.05) is 35.0 Å². The summed E-state index contributed by atoms with van der Waals surface area (Å²) in [5.41, 5.74) is -0.846. The number of allylic oxidation sites excluding steroid dienone is 2. The van der Waals surface area contributed by atoms with Crippen molar-refractivity contribution in [1.82, 2.24) is 0 Å². The number of hydrogen-bond acceptors (Lipinski definition) is 5. The third-order valence-corrected chi connectivity index (χ3v) is 4.62. The molecular formula is C14H9Cl2N2O5-. The summed E-state index contributed by atoms with van der Waals surface area (Å²) in [7, 11) is 0. The van der Waals surface area contributed by atoms with Crippen LogP contribution in [-0.4, -0.2) is 16.7 Å². The number of rotatable bonds is 2. The van der Waals surface area contributed by atoms with Gasteiger partial charge < -0.3 is 5.11 Å². The number of nitrogens with zero attached hydrogens (tertiary/aromatic N) is 2. The Morgan fingerprint density at radius 1 is 1.17 bits per heavy atom. The average Bonchev–Trinajstić information content (AvgIpc) is 2.73. The Kier molecular flexibility index (Phi) is 3.77. The summed E-state index contributed by atoms with van der Waals surface area (Å²) in [4.78, 5) is 35.9. The molecule has 1 aromatic carbocycles.